The number of nitriles is 1. The molecule has 1 aromatic heterocycles. The van der Waals surface area contributed by atoms with Crippen molar-refractivity contribution in [2.24, 2.45) is 0 Å². The van der Waals surface area contributed by atoms with Crippen molar-refractivity contribution < 1.29 is 9.53 Å². The second-order valence-corrected chi connectivity index (χ2v) is 7.21. The van der Waals surface area contributed by atoms with Gasteiger partial charge >= 0.3 is 6.09 Å². The van der Waals surface area contributed by atoms with Gasteiger partial charge in [-0.1, -0.05) is 18.2 Å². The molecule has 7 heteroatoms. The molecule has 1 heterocycles. The van der Waals surface area contributed by atoms with Gasteiger partial charge < -0.3 is 9.64 Å². The molecule has 0 saturated carbocycles. The fourth-order valence-corrected chi connectivity index (χ4v) is 2.36. The minimum atomic E-state index is -0.637. The Kier molecular flexibility index (Phi) is 6.01. The number of hydrogen-bond donors (Lipinski definition) is 1. The van der Waals surface area contributed by atoms with Crippen LogP contribution in [0.3, 0.4) is 0 Å². The number of benzene rings is 1. The van der Waals surface area contributed by atoms with Crippen LogP contribution in [0.4, 0.5) is 10.6 Å². The molecule has 2 aromatic rings. The molecule has 138 valence electrons. The van der Waals surface area contributed by atoms with Crippen molar-refractivity contribution in [1.82, 2.24) is 14.7 Å². The predicted octanol–water partition coefficient (Wildman–Crippen LogP) is 3.20. The molecule has 0 saturated heterocycles. The molecule has 2 rings (SSSR count). The standard InChI is InChI=1S/C19H25N5O2/c1-19(2,3)26-18(25)21-17-15(13-20)16(11-12-23(4)5)22-24(17)14-9-7-6-8-10-14/h6-10H,11-12H2,1-5H3,(H,21,25). The first kappa shape index (κ1) is 19.5. The fourth-order valence-electron chi connectivity index (χ4n) is 2.36. The highest BCUT2D eigenvalue weighted by Crippen LogP contribution is 2.24. The third-order valence-corrected chi connectivity index (χ3v) is 3.49. The number of aromatic nitrogens is 2. The minimum Gasteiger partial charge on any atom is -0.444 e. The third-order valence-electron chi connectivity index (χ3n) is 3.49. The SMILES string of the molecule is CN(C)CCc1nn(-c2ccccc2)c(NC(=O)OC(C)(C)C)c1C#N. The van der Waals surface area contributed by atoms with Gasteiger partial charge in [0.05, 0.1) is 11.4 Å². The van der Waals surface area contributed by atoms with E-state index < -0.39 is 11.7 Å². The lowest BCUT2D eigenvalue weighted by Crippen LogP contribution is -2.28. The summed E-state index contributed by atoms with van der Waals surface area (Å²) in [7, 11) is 3.92. The maximum absolute atomic E-state index is 12.3. The Morgan fingerprint density at radius 2 is 1.96 bits per heavy atom. The molecule has 0 radical (unpaired) electrons. The Morgan fingerprint density at radius 3 is 2.50 bits per heavy atom. The van der Waals surface area contributed by atoms with Crippen molar-refractivity contribution in [3.05, 3.63) is 41.6 Å². The number of hydrogen-bond acceptors (Lipinski definition) is 5. The van der Waals surface area contributed by atoms with Crippen LogP contribution in [0, 0.1) is 11.3 Å². The average molecular weight is 355 g/mol. The summed E-state index contributed by atoms with van der Waals surface area (Å²) in [6.45, 7) is 6.10. The van der Waals surface area contributed by atoms with E-state index in [1.165, 1.54) is 0 Å². The van der Waals surface area contributed by atoms with Crippen LogP contribution in [0.25, 0.3) is 5.69 Å². The van der Waals surface area contributed by atoms with E-state index in [0.29, 0.717) is 23.5 Å². The van der Waals surface area contributed by atoms with Gasteiger partial charge in [-0.15, -0.1) is 0 Å². The Hall–Kier alpha value is -2.85. The summed E-state index contributed by atoms with van der Waals surface area (Å²) in [5.74, 6) is 0.321. The van der Waals surface area contributed by atoms with Crippen LogP contribution in [0.2, 0.25) is 0 Å². The zero-order valence-electron chi connectivity index (χ0n) is 15.9. The zero-order chi connectivity index (χ0) is 19.3. The minimum absolute atomic E-state index is 0.321. The van der Waals surface area contributed by atoms with Crippen LogP contribution in [0.1, 0.15) is 32.0 Å². The maximum atomic E-state index is 12.3. The number of nitrogens with one attached hydrogen (secondary N) is 1. The van der Waals surface area contributed by atoms with Crippen LogP contribution in [-0.4, -0.2) is 47.0 Å². The summed E-state index contributed by atoms with van der Waals surface area (Å²) < 4.78 is 6.91. The molecule has 1 aromatic carbocycles. The van der Waals surface area contributed by atoms with E-state index in [4.69, 9.17) is 4.74 Å². The molecule has 1 amide bonds. The first-order valence-electron chi connectivity index (χ1n) is 8.43. The molecule has 1 N–H and O–H groups in total. The van der Waals surface area contributed by atoms with Crippen LogP contribution >= 0.6 is 0 Å². The Labute approximate surface area is 154 Å². The van der Waals surface area contributed by atoms with Crippen molar-refractivity contribution in [1.29, 1.82) is 5.26 Å². The number of carbonyl (C=O) groups excluding carboxylic acids is 1. The van der Waals surface area contributed by atoms with Crippen LogP contribution < -0.4 is 5.32 Å². The van der Waals surface area contributed by atoms with Gasteiger partial charge in [0.1, 0.15) is 17.2 Å². The number of likely N-dealkylation sites (N-methyl/N-ethyl adjacent to an activating group) is 1. The predicted molar refractivity (Wildman–Crippen MR) is 100 cm³/mol. The van der Waals surface area contributed by atoms with Crippen LogP contribution in [-0.2, 0) is 11.2 Å². The lowest BCUT2D eigenvalue weighted by molar-refractivity contribution is 0.0635. The van der Waals surface area contributed by atoms with E-state index in [-0.39, 0.29) is 0 Å². The molecule has 0 aliphatic rings. The summed E-state index contributed by atoms with van der Waals surface area (Å²) in [4.78, 5) is 14.3. The van der Waals surface area contributed by atoms with Crippen molar-refractivity contribution in [3.63, 3.8) is 0 Å². The van der Waals surface area contributed by atoms with Gasteiger partial charge in [0.2, 0.25) is 0 Å². The summed E-state index contributed by atoms with van der Waals surface area (Å²) in [5, 5.41) is 16.9. The van der Waals surface area contributed by atoms with Crippen molar-refractivity contribution in [3.8, 4) is 11.8 Å². The largest absolute Gasteiger partial charge is 0.444 e. The number of nitrogens with zero attached hydrogens (tertiary/aromatic N) is 4. The number of carbonyl (C=O) groups is 1. The van der Waals surface area contributed by atoms with E-state index in [0.717, 1.165) is 12.2 Å². The Bertz CT molecular complexity index is 798. The smallest absolute Gasteiger partial charge is 0.413 e. The number of amides is 1. The molecule has 0 bridgehead atoms. The summed E-state index contributed by atoms with van der Waals surface area (Å²) >= 11 is 0. The lowest BCUT2D eigenvalue weighted by Gasteiger charge is -2.20. The quantitative estimate of drug-likeness (QED) is 0.890. The molecule has 26 heavy (non-hydrogen) atoms. The topological polar surface area (TPSA) is 83.2 Å². The number of para-hydroxylation sites is 1. The lowest BCUT2D eigenvalue weighted by atomic mass is 10.2. The maximum Gasteiger partial charge on any atom is 0.413 e. The normalized spacial score (nSPS) is 11.3. The van der Waals surface area contributed by atoms with Crippen molar-refractivity contribution in [2.75, 3.05) is 26.0 Å². The van der Waals surface area contributed by atoms with E-state index >= 15 is 0 Å². The van der Waals surface area contributed by atoms with Gasteiger partial charge in [0.15, 0.2) is 5.82 Å². The Morgan fingerprint density at radius 1 is 1.31 bits per heavy atom. The molecular formula is C19H25N5O2. The molecule has 0 aliphatic carbocycles. The number of anilines is 1. The van der Waals surface area contributed by atoms with Gasteiger partial charge in [0, 0.05) is 13.0 Å². The molecular weight excluding hydrogens is 330 g/mol. The summed E-state index contributed by atoms with van der Waals surface area (Å²) in [6.07, 6.45) is -0.0242. The molecule has 0 unspecified atom stereocenters. The average Bonchev–Trinajstić information content (AvgIpc) is 2.89. The molecule has 0 atom stereocenters. The van der Waals surface area contributed by atoms with Gasteiger partial charge in [-0.25, -0.2) is 9.48 Å². The highest BCUT2D eigenvalue weighted by Gasteiger charge is 2.23. The van der Waals surface area contributed by atoms with Gasteiger partial charge in [-0.05, 0) is 47.0 Å². The number of rotatable bonds is 5. The monoisotopic (exact) mass is 355 g/mol. The van der Waals surface area contributed by atoms with Crippen LogP contribution in [0.15, 0.2) is 30.3 Å². The highest BCUT2D eigenvalue weighted by atomic mass is 16.6. The van der Waals surface area contributed by atoms with Gasteiger partial charge in [0.25, 0.3) is 0 Å². The number of ether oxygens (including phenoxy) is 1. The highest BCUT2D eigenvalue weighted by molar-refractivity contribution is 5.86. The van der Waals surface area contributed by atoms with E-state index in [1.54, 1.807) is 25.5 Å². The summed E-state index contributed by atoms with van der Waals surface area (Å²) in [5.41, 5.74) is 1.10. The van der Waals surface area contributed by atoms with E-state index in [1.807, 2.05) is 49.3 Å². The first-order valence-corrected chi connectivity index (χ1v) is 8.43. The Balaban J connectivity index is 2.45. The molecule has 0 aliphatic heterocycles. The molecule has 0 fully saturated rings. The van der Waals surface area contributed by atoms with E-state index in [2.05, 4.69) is 16.5 Å². The third kappa shape index (κ3) is 5.07. The second-order valence-electron chi connectivity index (χ2n) is 7.21. The van der Waals surface area contributed by atoms with Crippen molar-refractivity contribution in [2.45, 2.75) is 32.8 Å². The fraction of sp³-hybridized carbons (Fsp3) is 0.421. The second kappa shape index (κ2) is 8.02. The first-order chi connectivity index (χ1) is 12.2. The zero-order valence-corrected chi connectivity index (χ0v) is 15.9. The molecule has 7 nitrogen and oxygen atoms in total. The molecule has 0 spiro atoms. The summed E-state index contributed by atoms with van der Waals surface area (Å²) in [6, 6.07) is 11.5. The van der Waals surface area contributed by atoms with Gasteiger partial charge in [-0.2, -0.15) is 10.4 Å². The van der Waals surface area contributed by atoms with Gasteiger partial charge in [-0.3, -0.25) is 5.32 Å². The van der Waals surface area contributed by atoms with E-state index in [9.17, 15) is 10.1 Å². The van der Waals surface area contributed by atoms with Crippen molar-refractivity contribution >= 4 is 11.9 Å². The van der Waals surface area contributed by atoms with Crippen LogP contribution in [0.5, 0.6) is 0 Å².